The number of aryl methyl sites for hydroxylation is 1. The highest BCUT2D eigenvalue weighted by Gasteiger charge is 2.43. The van der Waals surface area contributed by atoms with Crippen LogP contribution in [0.15, 0.2) is 59.5 Å². The van der Waals surface area contributed by atoms with E-state index in [0.717, 1.165) is 11.1 Å². The average molecular weight is 378 g/mol. The quantitative estimate of drug-likeness (QED) is 0.621. The van der Waals surface area contributed by atoms with E-state index >= 15 is 0 Å². The lowest BCUT2D eigenvalue weighted by Crippen LogP contribution is -2.66. The summed E-state index contributed by atoms with van der Waals surface area (Å²) in [5.41, 5.74) is 7.55. The molecular weight excluding hydrogens is 356 g/mol. The molecule has 0 aromatic heterocycles. The van der Waals surface area contributed by atoms with Crippen LogP contribution in [-0.4, -0.2) is 36.0 Å². The lowest BCUT2D eigenvalue weighted by Gasteiger charge is -2.41. The molecule has 0 spiro atoms. The van der Waals surface area contributed by atoms with Crippen LogP contribution in [-0.2, 0) is 26.4 Å². The minimum Gasteiger partial charge on any atom is -0.318 e. The average Bonchev–Trinajstić information content (AvgIpc) is 2.62. The number of carbonyl (C=O) groups is 1. The second-order valence-electron chi connectivity index (χ2n) is 5.98. The third kappa shape index (κ3) is 5.12. The van der Waals surface area contributed by atoms with Gasteiger partial charge in [0.05, 0.1) is 10.9 Å². The number of β-lactam (4-membered cyclic amide) rings is 1. The van der Waals surface area contributed by atoms with Crippen LogP contribution in [0.1, 0.15) is 18.1 Å². The zero-order valence-electron chi connectivity index (χ0n) is 14.6. The number of hydrogen-bond acceptors (Lipinski definition) is 5. The Bertz CT molecular complexity index is 838. The van der Waals surface area contributed by atoms with E-state index in [-0.39, 0.29) is 16.8 Å². The maximum absolute atomic E-state index is 11.3. The molecule has 26 heavy (non-hydrogen) atoms. The third-order valence-corrected chi connectivity index (χ3v) is 4.79. The molecule has 1 heterocycles. The Kier molecular flexibility index (Phi) is 6.49. The van der Waals surface area contributed by atoms with Gasteiger partial charge in [0.15, 0.2) is 0 Å². The Morgan fingerprint density at radius 2 is 1.69 bits per heavy atom. The molecule has 0 aliphatic carbocycles. The van der Waals surface area contributed by atoms with Crippen LogP contribution >= 0.6 is 0 Å². The Hall–Kier alpha value is -2.26. The first kappa shape index (κ1) is 20.1. The summed E-state index contributed by atoms with van der Waals surface area (Å²) in [5.74, 6) is -0.140. The third-order valence-electron chi connectivity index (χ3n) is 3.92. The summed E-state index contributed by atoms with van der Waals surface area (Å²) in [6, 6.07) is 15.3. The van der Waals surface area contributed by atoms with Crippen molar-refractivity contribution >= 4 is 16.0 Å². The first-order valence-electron chi connectivity index (χ1n) is 8.00. The van der Waals surface area contributed by atoms with Gasteiger partial charge in [0, 0.05) is 0 Å². The van der Waals surface area contributed by atoms with Crippen molar-refractivity contribution in [3.05, 3.63) is 65.7 Å². The van der Waals surface area contributed by atoms with Crippen molar-refractivity contribution in [3.8, 4) is 0 Å². The highest BCUT2D eigenvalue weighted by molar-refractivity contribution is 7.85. The van der Waals surface area contributed by atoms with E-state index in [2.05, 4.69) is 0 Å². The molecule has 0 radical (unpaired) electrons. The summed E-state index contributed by atoms with van der Waals surface area (Å²) in [6.07, 6.45) is 0. The van der Waals surface area contributed by atoms with Crippen LogP contribution in [0.5, 0.6) is 0 Å². The summed E-state index contributed by atoms with van der Waals surface area (Å²) in [5, 5.41) is 1.34. The number of rotatable bonds is 4. The van der Waals surface area contributed by atoms with Crippen LogP contribution in [0.2, 0.25) is 0 Å². The molecule has 0 bridgehead atoms. The molecule has 1 saturated heterocycles. The first-order valence-corrected chi connectivity index (χ1v) is 9.44. The fourth-order valence-electron chi connectivity index (χ4n) is 2.23. The van der Waals surface area contributed by atoms with Gasteiger partial charge in [-0.15, -0.1) is 0 Å². The van der Waals surface area contributed by atoms with Gasteiger partial charge in [0.1, 0.15) is 12.6 Å². The van der Waals surface area contributed by atoms with Crippen molar-refractivity contribution in [1.29, 1.82) is 0 Å². The van der Waals surface area contributed by atoms with E-state index in [1.807, 2.05) is 44.2 Å². The number of carbonyl (C=O) groups excluding carboxylic acids is 1. The number of nitrogens with zero attached hydrogens (tertiary/aromatic N) is 1. The minimum atomic E-state index is -4.02. The van der Waals surface area contributed by atoms with Crippen LogP contribution in [0.3, 0.4) is 0 Å². The van der Waals surface area contributed by atoms with Crippen LogP contribution < -0.4 is 5.73 Å². The molecule has 140 valence electrons. The standard InChI is InChI=1S/C11H14N2O2.C7H8O3S/c1-8-10(12)11(14)13(8)15-7-9-5-3-2-4-6-9;1-6-2-4-7(5-3-6)11(8,9)10/h2-6,8,10H,7,12H2,1H3;2-5H,1H3,(H,8,9,10)/t8-,10-;/m0./s1. The highest BCUT2D eigenvalue weighted by Crippen LogP contribution is 2.19. The normalized spacial score (nSPS) is 19.4. The Labute approximate surface area is 153 Å². The second-order valence-corrected chi connectivity index (χ2v) is 7.40. The van der Waals surface area contributed by atoms with Crippen molar-refractivity contribution in [2.75, 3.05) is 0 Å². The lowest BCUT2D eigenvalue weighted by molar-refractivity contribution is -0.234. The molecule has 1 aliphatic heterocycles. The van der Waals surface area contributed by atoms with Crippen molar-refractivity contribution in [2.24, 2.45) is 5.73 Å². The van der Waals surface area contributed by atoms with Crippen molar-refractivity contribution in [2.45, 2.75) is 37.4 Å². The largest absolute Gasteiger partial charge is 0.318 e. The highest BCUT2D eigenvalue weighted by atomic mass is 32.2. The molecule has 0 unspecified atom stereocenters. The molecule has 1 fully saturated rings. The minimum absolute atomic E-state index is 0.0267. The summed E-state index contributed by atoms with van der Waals surface area (Å²) < 4.78 is 29.6. The molecular formula is C18H22N2O5S. The SMILES string of the molecule is C[C@H]1[C@H](N)C(=O)N1OCc1ccccc1.Cc1ccc(S(=O)(=O)O)cc1. The number of hydrogen-bond donors (Lipinski definition) is 2. The molecule has 2 aromatic carbocycles. The van der Waals surface area contributed by atoms with Gasteiger partial charge in [-0.05, 0) is 31.5 Å². The molecule has 1 aliphatic rings. The van der Waals surface area contributed by atoms with E-state index in [9.17, 15) is 13.2 Å². The molecule has 2 atom stereocenters. The summed E-state index contributed by atoms with van der Waals surface area (Å²) in [6.45, 7) is 4.12. The van der Waals surface area contributed by atoms with Gasteiger partial charge < -0.3 is 5.73 Å². The second kappa shape index (κ2) is 8.41. The van der Waals surface area contributed by atoms with Crippen molar-refractivity contribution < 1.29 is 22.6 Å². The van der Waals surface area contributed by atoms with Gasteiger partial charge in [-0.1, -0.05) is 48.0 Å². The zero-order chi connectivity index (χ0) is 19.3. The fraction of sp³-hybridized carbons (Fsp3) is 0.278. The number of nitrogens with two attached hydrogens (primary N) is 1. The summed E-state index contributed by atoms with van der Waals surface area (Å²) in [4.78, 5) is 16.6. The lowest BCUT2D eigenvalue weighted by atomic mass is 10.0. The zero-order valence-corrected chi connectivity index (χ0v) is 15.4. The van der Waals surface area contributed by atoms with E-state index in [1.54, 1.807) is 12.1 Å². The summed E-state index contributed by atoms with van der Waals surface area (Å²) >= 11 is 0. The van der Waals surface area contributed by atoms with Crippen molar-refractivity contribution in [1.82, 2.24) is 5.06 Å². The van der Waals surface area contributed by atoms with Crippen LogP contribution in [0.4, 0.5) is 0 Å². The molecule has 2 aromatic rings. The molecule has 3 N–H and O–H groups in total. The van der Waals surface area contributed by atoms with Gasteiger partial charge >= 0.3 is 0 Å². The molecule has 8 heteroatoms. The Morgan fingerprint density at radius 1 is 1.12 bits per heavy atom. The van der Waals surface area contributed by atoms with Crippen LogP contribution in [0, 0.1) is 6.92 Å². The van der Waals surface area contributed by atoms with Gasteiger partial charge in [0.25, 0.3) is 16.0 Å². The molecule has 3 rings (SSSR count). The smallest absolute Gasteiger partial charge is 0.294 e. The Morgan fingerprint density at radius 3 is 2.19 bits per heavy atom. The maximum atomic E-state index is 11.3. The number of amides is 1. The van der Waals surface area contributed by atoms with E-state index in [1.165, 1.54) is 17.2 Å². The van der Waals surface area contributed by atoms with Crippen molar-refractivity contribution in [3.63, 3.8) is 0 Å². The van der Waals surface area contributed by atoms with Gasteiger partial charge in [-0.25, -0.2) is 5.06 Å². The number of hydroxylamine groups is 2. The Balaban J connectivity index is 0.000000197. The number of benzene rings is 2. The topological polar surface area (TPSA) is 110 Å². The molecule has 7 nitrogen and oxygen atoms in total. The fourth-order valence-corrected chi connectivity index (χ4v) is 2.71. The van der Waals surface area contributed by atoms with Gasteiger partial charge in [0.2, 0.25) is 0 Å². The maximum Gasteiger partial charge on any atom is 0.294 e. The summed E-state index contributed by atoms with van der Waals surface area (Å²) in [7, 11) is -4.02. The van der Waals surface area contributed by atoms with Gasteiger partial charge in [-0.3, -0.25) is 14.2 Å². The van der Waals surface area contributed by atoms with E-state index < -0.39 is 16.2 Å². The molecule has 0 saturated carbocycles. The van der Waals surface area contributed by atoms with Gasteiger partial charge in [-0.2, -0.15) is 8.42 Å². The molecule has 1 amide bonds. The monoisotopic (exact) mass is 378 g/mol. The van der Waals surface area contributed by atoms with Crippen LogP contribution in [0.25, 0.3) is 0 Å². The predicted molar refractivity (Wildman–Crippen MR) is 96.5 cm³/mol. The van der Waals surface area contributed by atoms with E-state index in [0.29, 0.717) is 6.61 Å². The predicted octanol–water partition coefficient (Wildman–Crippen LogP) is 1.92. The van der Waals surface area contributed by atoms with E-state index in [4.69, 9.17) is 15.1 Å². The first-order chi connectivity index (χ1) is 12.2.